The van der Waals surface area contributed by atoms with E-state index in [1.165, 1.54) is 37.4 Å². The number of aliphatic imine (C=N–C) groups is 1. The molecular weight excluding hydrogens is 684 g/mol. The number of carbonyl (C=O) groups excluding carboxylic acids is 2. The Labute approximate surface area is 288 Å². The lowest BCUT2D eigenvalue weighted by molar-refractivity contribution is -0.123. The zero-order valence-electron chi connectivity index (χ0n) is 26.7. The predicted molar refractivity (Wildman–Crippen MR) is 174 cm³/mol. The Hall–Kier alpha value is -4.50. The molecule has 3 heterocycles. The molecule has 1 aromatic carbocycles. The van der Waals surface area contributed by atoms with Gasteiger partial charge in [0.05, 0.1) is 29.1 Å². The van der Waals surface area contributed by atoms with Gasteiger partial charge in [0.15, 0.2) is 11.4 Å². The number of hydrogen-bond acceptors (Lipinski definition) is 9. The number of carbonyl (C=O) groups is 2. The average Bonchev–Trinajstić information content (AvgIpc) is 4.02. The highest BCUT2D eigenvalue weighted by atomic mass is 35.5. The number of nitrogen functional groups attached to an aromatic ring is 1. The number of nitrogens with one attached hydrogen (secondary N) is 1. The number of amides is 2. The van der Waals surface area contributed by atoms with E-state index in [1.54, 1.807) is 0 Å². The molecule has 3 aliphatic carbocycles. The van der Waals surface area contributed by atoms with Gasteiger partial charge >= 0.3 is 0 Å². The van der Waals surface area contributed by atoms with Crippen molar-refractivity contribution in [1.29, 1.82) is 0 Å². The molecule has 2 atom stereocenters. The smallest absolute Gasteiger partial charge is 0.281 e. The van der Waals surface area contributed by atoms with Gasteiger partial charge in [0.2, 0.25) is 5.91 Å². The first-order chi connectivity index (χ1) is 23.6. The summed E-state index contributed by atoms with van der Waals surface area (Å²) in [5.74, 6) is -3.07. The number of alkyl halides is 4. The first-order valence-electron chi connectivity index (χ1n) is 16.0. The minimum Gasteiger partial charge on any atom is -0.489 e. The Morgan fingerprint density at radius 1 is 1.24 bits per heavy atom. The van der Waals surface area contributed by atoms with Crippen molar-refractivity contribution in [3.8, 4) is 22.8 Å². The second kappa shape index (κ2) is 11.8. The molecule has 4 aliphatic rings. The molecule has 2 amide bonds. The Morgan fingerprint density at radius 2 is 1.96 bits per heavy atom. The molecule has 7 rings (SSSR count). The van der Waals surface area contributed by atoms with Crippen molar-refractivity contribution in [3.05, 3.63) is 63.6 Å². The summed E-state index contributed by atoms with van der Waals surface area (Å²) in [6.07, 6.45) is 1.10. The molecule has 1 aliphatic heterocycles. The van der Waals surface area contributed by atoms with Crippen LogP contribution in [-0.2, 0) is 15.8 Å². The van der Waals surface area contributed by atoms with E-state index in [4.69, 9.17) is 32.5 Å². The first kappa shape index (κ1) is 34.0. The van der Waals surface area contributed by atoms with Crippen LogP contribution in [0.5, 0.6) is 11.5 Å². The number of fused-ring (bicyclic) bond motifs is 1. The molecule has 11 nitrogen and oxygen atoms in total. The highest BCUT2D eigenvalue weighted by molar-refractivity contribution is 6.34. The van der Waals surface area contributed by atoms with Gasteiger partial charge in [-0.15, -0.1) is 0 Å². The first-order valence-corrected chi connectivity index (χ1v) is 16.4. The average molecular weight is 717 g/mol. The molecule has 3 fully saturated rings. The van der Waals surface area contributed by atoms with Crippen LogP contribution >= 0.6 is 11.6 Å². The SMILES string of the molecule is C[C@]1(C(N)=O)COc2c1cc([C@@](O)(CNC(=O)c1cc(/C=N/C3(F)CC3)c(N)c(OC3CC3)c1)C1(F)CC1)nc2-c1ccnc(C(F)F)c1Cl. The van der Waals surface area contributed by atoms with E-state index >= 15 is 4.39 Å². The summed E-state index contributed by atoms with van der Waals surface area (Å²) in [6.45, 7) is 0.510. The van der Waals surface area contributed by atoms with Gasteiger partial charge in [-0.05, 0) is 56.9 Å². The van der Waals surface area contributed by atoms with Crippen LogP contribution in [0.15, 0.2) is 35.5 Å². The summed E-state index contributed by atoms with van der Waals surface area (Å²) >= 11 is 6.36. The molecule has 16 heteroatoms. The van der Waals surface area contributed by atoms with Gasteiger partial charge in [-0.2, -0.15) is 0 Å². The van der Waals surface area contributed by atoms with Gasteiger partial charge in [0.25, 0.3) is 12.3 Å². The highest BCUT2D eigenvalue weighted by Gasteiger charge is 2.62. The molecule has 0 spiro atoms. The van der Waals surface area contributed by atoms with Crippen LogP contribution in [0.3, 0.4) is 0 Å². The van der Waals surface area contributed by atoms with Crippen molar-refractivity contribution in [3.63, 3.8) is 0 Å². The van der Waals surface area contributed by atoms with Gasteiger partial charge in [0.1, 0.15) is 40.6 Å². The minimum atomic E-state index is -3.05. The number of rotatable bonds is 12. The normalized spacial score (nSPS) is 22.5. The third-order valence-electron chi connectivity index (χ3n) is 9.71. The lowest BCUT2D eigenvalue weighted by Gasteiger charge is -2.33. The number of nitrogens with two attached hydrogens (primary N) is 2. The van der Waals surface area contributed by atoms with E-state index in [0.29, 0.717) is 0 Å². The number of anilines is 1. The van der Waals surface area contributed by atoms with Gasteiger partial charge in [-0.3, -0.25) is 19.6 Å². The maximum atomic E-state index is 16.3. The van der Waals surface area contributed by atoms with Crippen molar-refractivity contribution < 1.29 is 41.7 Å². The van der Waals surface area contributed by atoms with Crippen molar-refractivity contribution in [2.24, 2.45) is 10.7 Å². The van der Waals surface area contributed by atoms with Crippen LogP contribution in [0, 0.1) is 0 Å². The number of benzene rings is 1. The number of aliphatic hydroxyl groups is 1. The second-order valence-corrected chi connectivity index (χ2v) is 13.9. The van der Waals surface area contributed by atoms with Crippen LogP contribution in [-0.4, -0.2) is 63.8 Å². The van der Waals surface area contributed by atoms with Crippen molar-refractivity contribution in [2.75, 3.05) is 18.9 Å². The van der Waals surface area contributed by atoms with E-state index in [2.05, 4.69) is 20.3 Å². The molecule has 3 saturated carbocycles. The Bertz CT molecular complexity index is 1950. The van der Waals surface area contributed by atoms with E-state index in [9.17, 15) is 27.9 Å². The number of pyridine rings is 2. The number of aromatic nitrogens is 2. The van der Waals surface area contributed by atoms with Crippen LogP contribution < -0.4 is 26.3 Å². The quantitative estimate of drug-likeness (QED) is 0.0878. The van der Waals surface area contributed by atoms with E-state index in [1.807, 2.05) is 0 Å². The van der Waals surface area contributed by atoms with E-state index in [0.717, 1.165) is 19.0 Å². The third-order valence-corrected chi connectivity index (χ3v) is 10.1. The third kappa shape index (κ3) is 5.89. The Morgan fingerprint density at radius 3 is 2.58 bits per heavy atom. The molecule has 2 aromatic heterocycles. The molecule has 264 valence electrons. The van der Waals surface area contributed by atoms with Crippen LogP contribution in [0.1, 0.15) is 84.7 Å². The number of primary amides is 1. The summed E-state index contributed by atoms with van der Waals surface area (Å²) in [7, 11) is 0. The zero-order valence-corrected chi connectivity index (χ0v) is 27.5. The van der Waals surface area contributed by atoms with Gasteiger partial charge in [-0.1, -0.05) is 11.6 Å². The largest absolute Gasteiger partial charge is 0.489 e. The van der Waals surface area contributed by atoms with Crippen molar-refractivity contribution in [2.45, 2.75) is 80.5 Å². The van der Waals surface area contributed by atoms with Gasteiger partial charge in [-0.25, -0.2) is 22.5 Å². The Kier molecular flexibility index (Phi) is 8.01. The monoisotopic (exact) mass is 716 g/mol. The molecule has 0 saturated heterocycles. The molecule has 6 N–H and O–H groups in total. The molecule has 3 aromatic rings. The van der Waals surface area contributed by atoms with E-state index < -0.39 is 58.0 Å². The molecule has 0 bridgehead atoms. The fraction of sp³-hybridized carbons (Fsp3) is 0.441. The number of halogens is 5. The summed E-state index contributed by atoms with van der Waals surface area (Å²) in [6, 6.07) is 5.35. The van der Waals surface area contributed by atoms with Crippen molar-refractivity contribution in [1.82, 2.24) is 15.3 Å². The fourth-order valence-electron chi connectivity index (χ4n) is 5.86. The summed E-state index contributed by atoms with van der Waals surface area (Å²) in [4.78, 5) is 38.4. The van der Waals surface area contributed by atoms with E-state index in [-0.39, 0.29) is 89.2 Å². The Balaban J connectivity index is 1.28. The molecule has 50 heavy (non-hydrogen) atoms. The fourth-order valence-corrected chi connectivity index (χ4v) is 6.14. The lowest BCUT2D eigenvalue weighted by Crippen LogP contribution is -2.49. The zero-order chi connectivity index (χ0) is 35.8. The van der Waals surface area contributed by atoms with Gasteiger partial charge < -0.3 is 31.4 Å². The summed E-state index contributed by atoms with van der Waals surface area (Å²) in [5, 5.41) is 14.3. The van der Waals surface area contributed by atoms with Crippen LogP contribution in [0.4, 0.5) is 23.2 Å². The summed E-state index contributed by atoms with van der Waals surface area (Å²) in [5.41, 5.74) is 5.02. The molecular formula is C34H33ClF4N6O5. The standard InChI is InChI=1S/C34H33ClF4N6O5/c1-31(30(41)47)15-49-27-20(31)12-22(45-25(27)19-4-9-42-26(23(19)35)28(36)37)34(48,32(38)5-6-32)14-43-29(46)16-10-17(13-44-33(39)7-8-33)24(40)21(11-16)50-18-2-3-18/h4,9-13,18,28,48H,2-3,5-8,14-15,40H2,1H3,(H2,41,47)(H,43,46)/b44-13+/t31-,34-/m0/s1. The molecule has 0 radical (unpaired) electrons. The number of ether oxygens (including phenoxy) is 2. The maximum absolute atomic E-state index is 16.3. The van der Waals surface area contributed by atoms with Crippen LogP contribution in [0.25, 0.3) is 11.3 Å². The van der Waals surface area contributed by atoms with Crippen LogP contribution in [0.2, 0.25) is 5.02 Å². The number of hydrogen-bond donors (Lipinski definition) is 4. The lowest BCUT2D eigenvalue weighted by atomic mass is 9.80. The summed E-state index contributed by atoms with van der Waals surface area (Å²) < 4.78 is 69.9. The number of nitrogens with zero attached hydrogens (tertiary/aromatic N) is 3. The molecule has 0 unspecified atom stereocenters. The van der Waals surface area contributed by atoms with Crippen molar-refractivity contribution >= 4 is 35.3 Å². The van der Waals surface area contributed by atoms with Gasteiger partial charge in [0, 0.05) is 47.5 Å². The highest BCUT2D eigenvalue weighted by Crippen LogP contribution is 2.55. The predicted octanol–water partition coefficient (Wildman–Crippen LogP) is 4.99. The minimum absolute atomic E-state index is 0.0148. The topological polar surface area (TPSA) is 175 Å². The maximum Gasteiger partial charge on any atom is 0.281 e. The second-order valence-electron chi connectivity index (χ2n) is 13.6.